The standard InChI is InChI=1S/C16H30N2O/c1-13(2)14-8-10-15(11-9-14)18(5)16(19)7-6-12-17(3)4/h6-7,13-15H,8-12H2,1-5H3/b7-6+. The summed E-state index contributed by atoms with van der Waals surface area (Å²) < 4.78 is 0. The van der Waals surface area contributed by atoms with E-state index in [1.807, 2.05) is 32.1 Å². The average molecular weight is 266 g/mol. The molecule has 0 bridgehead atoms. The van der Waals surface area contributed by atoms with E-state index in [-0.39, 0.29) is 5.91 Å². The van der Waals surface area contributed by atoms with Crippen LogP contribution in [-0.2, 0) is 4.79 Å². The largest absolute Gasteiger partial charge is 0.339 e. The van der Waals surface area contributed by atoms with Crippen molar-refractivity contribution in [2.75, 3.05) is 27.7 Å². The van der Waals surface area contributed by atoms with E-state index in [0.717, 1.165) is 31.2 Å². The van der Waals surface area contributed by atoms with Gasteiger partial charge < -0.3 is 9.80 Å². The van der Waals surface area contributed by atoms with Gasteiger partial charge in [-0.25, -0.2) is 0 Å². The van der Waals surface area contributed by atoms with Crippen LogP contribution in [0.25, 0.3) is 0 Å². The van der Waals surface area contributed by atoms with Crippen molar-refractivity contribution < 1.29 is 4.79 Å². The van der Waals surface area contributed by atoms with Crippen LogP contribution in [0.5, 0.6) is 0 Å². The fourth-order valence-corrected chi connectivity index (χ4v) is 2.82. The first-order valence-electron chi connectivity index (χ1n) is 7.50. The molecule has 0 unspecified atom stereocenters. The number of hydrogen-bond donors (Lipinski definition) is 0. The zero-order valence-corrected chi connectivity index (χ0v) is 13.2. The van der Waals surface area contributed by atoms with Gasteiger partial charge in [0.2, 0.25) is 5.91 Å². The van der Waals surface area contributed by atoms with Gasteiger partial charge in [0.15, 0.2) is 0 Å². The van der Waals surface area contributed by atoms with E-state index in [9.17, 15) is 4.79 Å². The minimum atomic E-state index is 0.148. The maximum absolute atomic E-state index is 12.1. The number of likely N-dealkylation sites (N-methyl/N-ethyl adjacent to an activating group) is 2. The summed E-state index contributed by atoms with van der Waals surface area (Å²) in [7, 11) is 5.96. The first-order chi connectivity index (χ1) is 8.91. The number of nitrogens with zero attached hydrogens (tertiary/aromatic N) is 2. The van der Waals surface area contributed by atoms with Gasteiger partial charge in [0.25, 0.3) is 0 Å². The van der Waals surface area contributed by atoms with Crippen molar-refractivity contribution in [3.05, 3.63) is 12.2 Å². The quantitative estimate of drug-likeness (QED) is 0.714. The Hall–Kier alpha value is -0.830. The summed E-state index contributed by atoms with van der Waals surface area (Å²) >= 11 is 0. The van der Waals surface area contributed by atoms with Crippen LogP contribution in [0.1, 0.15) is 39.5 Å². The molecule has 0 aromatic heterocycles. The number of amides is 1. The molecule has 110 valence electrons. The molecule has 3 nitrogen and oxygen atoms in total. The summed E-state index contributed by atoms with van der Waals surface area (Å²) in [4.78, 5) is 16.0. The van der Waals surface area contributed by atoms with Crippen molar-refractivity contribution in [1.29, 1.82) is 0 Å². The number of carbonyl (C=O) groups is 1. The molecule has 0 spiro atoms. The number of rotatable bonds is 5. The van der Waals surface area contributed by atoms with Gasteiger partial charge >= 0.3 is 0 Å². The Bertz CT molecular complexity index is 302. The SMILES string of the molecule is CC(C)C1CCC(N(C)C(=O)/C=C/CN(C)C)CC1. The van der Waals surface area contributed by atoms with Crippen LogP contribution in [0.4, 0.5) is 0 Å². The van der Waals surface area contributed by atoms with Crippen LogP contribution in [0.2, 0.25) is 0 Å². The Balaban J connectivity index is 2.40. The van der Waals surface area contributed by atoms with E-state index in [4.69, 9.17) is 0 Å². The topological polar surface area (TPSA) is 23.6 Å². The zero-order chi connectivity index (χ0) is 14.4. The van der Waals surface area contributed by atoms with E-state index in [1.165, 1.54) is 12.8 Å². The molecule has 1 aliphatic carbocycles. The minimum Gasteiger partial charge on any atom is -0.339 e. The van der Waals surface area contributed by atoms with Gasteiger partial charge in [-0.2, -0.15) is 0 Å². The lowest BCUT2D eigenvalue weighted by Gasteiger charge is -2.35. The molecule has 0 saturated heterocycles. The molecule has 1 saturated carbocycles. The molecule has 1 amide bonds. The first kappa shape index (κ1) is 16.2. The van der Waals surface area contributed by atoms with Gasteiger partial charge in [-0.05, 0) is 51.6 Å². The summed E-state index contributed by atoms with van der Waals surface area (Å²) in [5.74, 6) is 1.78. The van der Waals surface area contributed by atoms with Crippen molar-refractivity contribution in [3.63, 3.8) is 0 Å². The van der Waals surface area contributed by atoms with E-state index in [2.05, 4.69) is 18.7 Å². The average Bonchev–Trinajstić information content (AvgIpc) is 2.37. The monoisotopic (exact) mass is 266 g/mol. The molecule has 1 rings (SSSR count). The maximum Gasteiger partial charge on any atom is 0.246 e. The van der Waals surface area contributed by atoms with Gasteiger partial charge in [-0.1, -0.05) is 19.9 Å². The van der Waals surface area contributed by atoms with E-state index in [0.29, 0.717) is 6.04 Å². The van der Waals surface area contributed by atoms with Crippen LogP contribution < -0.4 is 0 Å². The maximum atomic E-state index is 12.1. The lowest BCUT2D eigenvalue weighted by Crippen LogP contribution is -2.39. The molecule has 0 atom stereocenters. The van der Waals surface area contributed by atoms with Gasteiger partial charge in [0, 0.05) is 25.7 Å². The normalized spacial score (nSPS) is 24.4. The van der Waals surface area contributed by atoms with Gasteiger partial charge in [-0.15, -0.1) is 0 Å². The van der Waals surface area contributed by atoms with Gasteiger partial charge in [0.05, 0.1) is 0 Å². The Labute approximate surface area is 118 Å². The Morgan fingerprint density at radius 1 is 1.16 bits per heavy atom. The minimum absolute atomic E-state index is 0.148. The summed E-state index contributed by atoms with van der Waals surface area (Å²) in [6, 6.07) is 0.437. The van der Waals surface area contributed by atoms with E-state index >= 15 is 0 Å². The van der Waals surface area contributed by atoms with Crippen molar-refractivity contribution in [2.24, 2.45) is 11.8 Å². The lowest BCUT2D eigenvalue weighted by atomic mass is 9.79. The third-order valence-electron chi connectivity index (χ3n) is 4.31. The second kappa shape index (κ2) is 7.68. The Kier molecular flexibility index (Phi) is 6.56. The highest BCUT2D eigenvalue weighted by molar-refractivity contribution is 5.87. The second-order valence-electron chi connectivity index (χ2n) is 6.43. The lowest BCUT2D eigenvalue weighted by molar-refractivity contribution is -0.127. The third-order valence-corrected chi connectivity index (χ3v) is 4.31. The summed E-state index contributed by atoms with van der Waals surface area (Å²) in [5.41, 5.74) is 0. The molecular weight excluding hydrogens is 236 g/mol. The fraction of sp³-hybridized carbons (Fsp3) is 0.812. The molecule has 3 heteroatoms. The Morgan fingerprint density at radius 2 is 1.74 bits per heavy atom. The van der Waals surface area contributed by atoms with Crippen LogP contribution >= 0.6 is 0 Å². The van der Waals surface area contributed by atoms with Crippen molar-refractivity contribution in [1.82, 2.24) is 9.80 Å². The second-order valence-corrected chi connectivity index (χ2v) is 6.43. The van der Waals surface area contributed by atoms with E-state index < -0.39 is 0 Å². The molecular formula is C16H30N2O. The van der Waals surface area contributed by atoms with Gasteiger partial charge in [0.1, 0.15) is 0 Å². The summed E-state index contributed by atoms with van der Waals surface area (Å²) in [5, 5.41) is 0. The number of hydrogen-bond acceptors (Lipinski definition) is 2. The molecule has 0 aromatic rings. The van der Waals surface area contributed by atoms with Crippen LogP contribution in [0.15, 0.2) is 12.2 Å². The van der Waals surface area contributed by atoms with Crippen LogP contribution in [0, 0.1) is 11.8 Å². The van der Waals surface area contributed by atoms with Crippen LogP contribution in [0.3, 0.4) is 0 Å². The predicted octanol–water partition coefficient (Wildman–Crippen LogP) is 2.78. The summed E-state index contributed by atoms with van der Waals surface area (Å²) in [6.45, 7) is 5.44. The molecule has 19 heavy (non-hydrogen) atoms. The molecule has 0 aromatic carbocycles. The molecule has 0 radical (unpaired) electrons. The fourth-order valence-electron chi connectivity index (χ4n) is 2.82. The van der Waals surface area contributed by atoms with Crippen LogP contribution in [-0.4, -0.2) is 49.4 Å². The molecule has 1 aliphatic rings. The molecule has 1 fully saturated rings. The highest BCUT2D eigenvalue weighted by atomic mass is 16.2. The highest BCUT2D eigenvalue weighted by Gasteiger charge is 2.26. The Morgan fingerprint density at radius 3 is 2.21 bits per heavy atom. The highest BCUT2D eigenvalue weighted by Crippen LogP contribution is 2.31. The van der Waals surface area contributed by atoms with Gasteiger partial charge in [-0.3, -0.25) is 4.79 Å². The molecule has 0 aliphatic heterocycles. The third kappa shape index (κ3) is 5.35. The van der Waals surface area contributed by atoms with E-state index in [1.54, 1.807) is 6.08 Å². The van der Waals surface area contributed by atoms with Crippen molar-refractivity contribution >= 4 is 5.91 Å². The predicted molar refractivity (Wildman–Crippen MR) is 81.0 cm³/mol. The summed E-state index contributed by atoms with van der Waals surface area (Å²) in [6.07, 6.45) is 8.51. The smallest absolute Gasteiger partial charge is 0.246 e. The van der Waals surface area contributed by atoms with Crippen molar-refractivity contribution in [2.45, 2.75) is 45.6 Å². The molecule has 0 N–H and O–H groups in total. The zero-order valence-electron chi connectivity index (χ0n) is 13.2. The van der Waals surface area contributed by atoms with Crippen molar-refractivity contribution in [3.8, 4) is 0 Å². The number of carbonyl (C=O) groups excluding carboxylic acids is 1. The molecule has 0 heterocycles. The first-order valence-corrected chi connectivity index (χ1v) is 7.50.